The van der Waals surface area contributed by atoms with Gasteiger partial charge in [0.15, 0.2) is 11.3 Å². The topological polar surface area (TPSA) is 69.9 Å². The molecule has 1 amide bonds. The fourth-order valence-corrected chi connectivity index (χ4v) is 3.02. The predicted molar refractivity (Wildman–Crippen MR) is 112 cm³/mol. The minimum Gasteiger partial charge on any atom is -0.497 e. The lowest BCUT2D eigenvalue weighted by Gasteiger charge is -2.12. The third-order valence-electron chi connectivity index (χ3n) is 4.51. The number of amides is 1. The Hall–Kier alpha value is -3.15. The number of fused-ring (bicyclic) bond motifs is 1. The lowest BCUT2D eigenvalue weighted by Crippen LogP contribution is -2.26. The van der Waals surface area contributed by atoms with Crippen molar-refractivity contribution in [1.29, 1.82) is 0 Å². The summed E-state index contributed by atoms with van der Waals surface area (Å²) in [6, 6.07) is 14.9. The number of para-hydroxylation sites is 1. The molecule has 6 heteroatoms. The summed E-state index contributed by atoms with van der Waals surface area (Å²) in [7, 11) is 1.62. The zero-order valence-electron chi connectivity index (χ0n) is 17.1. The summed E-state index contributed by atoms with van der Waals surface area (Å²) in [5.41, 5.74) is 0.707. The number of hydrogen-bond donors (Lipinski definition) is 1. The van der Waals surface area contributed by atoms with Crippen LogP contribution in [0.2, 0.25) is 0 Å². The van der Waals surface area contributed by atoms with Gasteiger partial charge in [0.1, 0.15) is 17.3 Å². The summed E-state index contributed by atoms with van der Waals surface area (Å²) in [5, 5.41) is 3.94. The Morgan fingerprint density at radius 2 is 1.86 bits per heavy atom. The summed E-state index contributed by atoms with van der Waals surface area (Å²) in [4.78, 5) is 12.3. The Balaban J connectivity index is 1.47. The van der Waals surface area contributed by atoms with E-state index in [1.165, 1.54) is 0 Å². The minimum atomic E-state index is -0.230. The Morgan fingerprint density at radius 1 is 1.10 bits per heavy atom. The Bertz CT molecular complexity index is 932. The number of methoxy groups -OCH3 is 1. The molecule has 0 aliphatic heterocycles. The smallest absolute Gasteiger partial charge is 0.220 e. The molecule has 1 unspecified atom stereocenters. The Labute approximate surface area is 170 Å². The highest BCUT2D eigenvalue weighted by Gasteiger charge is 2.16. The standard InChI is InChI=1S/C23H27NO5/c1-4-27-20-8-5-7-17-15-21(29-23(17)20)16(2)24-22(25)9-6-14-28-19-12-10-18(26-3)11-13-19/h5,7-8,10-13,15-16H,4,6,9,14H2,1-3H3,(H,24,25). The highest BCUT2D eigenvalue weighted by Crippen LogP contribution is 2.31. The van der Waals surface area contributed by atoms with Gasteiger partial charge in [-0.05, 0) is 56.7 Å². The van der Waals surface area contributed by atoms with E-state index < -0.39 is 0 Å². The number of carbonyl (C=O) groups is 1. The van der Waals surface area contributed by atoms with Crippen LogP contribution in [0.1, 0.15) is 38.5 Å². The molecule has 154 valence electrons. The van der Waals surface area contributed by atoms with Crippen molar-refractivity contribution in [2.45, 2.75) is 32.7 Å². The van der Waals surface area contributed by atoms with Gasteiger partial charge in [0.2, 0.25) is 5.91 Å². The van der Waals surface area contributed by atoms with Gasteiger partial charge in [-0.15, -0.1) is 0 Å². The van der Waals surface area contributed by atoms with Crippen LogP contribution in [0, 0.1) is 0 Å². The second-order valence-corrected chi connectivity index (χ2v) is 6.67. The molecule has 0 aliphatic carbocycles. The molecule has 1 aromatic heterocycles. The molecule has 3 aromatic rings. The van der Waals surface area contributed by atoms with Crippen molar-refractivity contribution >= 4 is 16.9 Å². The van der Waals surface area contributed by atoms with Crippen LogP contribution >= 0.6 is 0 Å². The van der Waals surface area contributed by atoms with Crippen molar-refractivity contribution in [1.82, 2.24) is 5.32 Å². The van der Waals surface area contributed by atoms with Crippen LogP contribution in [-0.4, -0.2) is 26.2 Å². The highest BCUT2D eigenvalue weighted by molar-refractivity contribution is 5.84. The molecule has 1 heterocycles. The number of carbonyl (C=O) groups excluding carboxylic acids is 1. The molecule has 3 rings (SSSR count). The number of hydrogen-bond acceptors (Lipinski definition) is 5. The first kappa shape index (κ1) is 20.6. The predicted octanol–water partition coefficient (Wildman–Crippen LogP) is 4.88. The maximum Gasteiger partial charge on any atom is 0.220 e. The van der Waals surface area contributed by atoms with Crippen LogP contribution in [0.4, 0.5) is 0 Å². The molecule has 1 atom stereocenters. The Kier molecular flexibility index (Phi) is 7.00. The number of benzene rings is 2. The molecule has 0 spiro atoms. The van der Waals surface area contributed by atoms with E-state index in [0.29, 0.717) is 43.1 Å². The lowest BCUT2D eigenvalue weighted by molar-refractivity contribution is -0.122. The van der Waals surface area contributed by atoms with Gasteiger partial charge in [-0.25, -0.2) is 0 Å². The van der Waals surface area contributed by atoms with E-state index in [2.05, 4.69) is 5.32 Å². The van der Waals surface area contributed by atoms with E-state index in [4.69, 9.17) is 18.6 Å². The first-order valence-corrected chi connectivity index (χ1v) is 9.82. The molecule has 0 radical (unpaired) electrons. The molecule has 0 saturated heterocycles. The molecule has 6 nitrogen and oxygen atoms in total. The molecule has 0 bridgehead atoms. The average molecular weight is 397 g/mol. The largest absolute Gasteiger partial charge is 0.497 e. The zero-order chi connectivity index (χ0) is 20.6. The van der Waals surface area contributed by atoms with Gasteiger partial charge in [0, 0.05) is 11.8 Å². The van der Waals surface area contributed by atoms with Crippen LogP contribution in [0.5, 0.6) is 17.2 Å². The van der Waals surface area contributed by atoms with Crippen LogP contribution in [0.3, 0.4) is 0 Å². The summed E-state index contributed by atoms with van der Waals surface area (Å²) in [6.45, 7) is 4.88. The van der Waals surface area contributed by atoms with Crippen LogP contribution in [0.15, 0.2) is 52.9 Å². The van der Waals surface area contributed by atoms with Crippen molar-refractivity contribution in [3.05, 3.63) is 54.3 Å². The molecule has 29 heavy (non-hydrogen) atoms. The minimum absolute atomic E-state index is 0.0404. The number of ether oxygens (including phenoxy) is 3. The van der Waals surface area contributed by atoms with Crippen molar-refractivity contribution in [3.63, 3.8) is 0 Å². The van der Waals surface area contributed by atoms with Gasteiger partial charge >= 0.3 is 0 Å². The van der Waals surface area contributed by atoms with E-state index >= 15 is 0 Å². The van der Waals surface area contributed by atoms with E-state index in [0.717, 1.165) is 16.9 Å². The summed E-state index contributed by atoms with van der Waals surface area (Å²) in [6.07, 6.45) is 1.00. The maximum atomic E-state index is 12.3. The van der Waals surface area contributed by atoms with E-state index in [-0.39, 0.29) is 11.9 Å². The fraction of sp³-hybridized carbons (Fsp3) is 0.348. The molecule has 0 fully saturated rings. The molecule has 0 saturated carbocycles. The molecule has 2 aromatic carbocycles. The summed E-state index contributed by atoms with van der Waals surface area (Å²) >= 11 is 0. The van der Waals surface area contributed by atoms with E-state index in [9.17, 15) is 4.79 Å². The third-order valence-corrected chi connectivity index (χ3v) is 4.51. The molecule has 0 aliphatic rings. The molecule has 1 N–H and O–H groups in total. The van der Waals surface area contributed by atoms with Crippen LogP contribution in [-0.2, 0) is 4.79 Å². The van der Waals surface area contributed by atoms with Gasteiger partial charge < -0.3 is 23.9 Å². The summed E-state index contributed by atoms with van der Waals surface area (Å²) in [5.74, 6) is 2.92. The number of nitrogens with one attached hydrogen (secondary N) is 1. The van der Waals surface area contributed by atoms with Crippen LogP contribution in [0.25, 0.3) is 11.0 Å². The first-order chi connectivity index (χ1) is 14.1. The Morgan fingerprint density at radius 3 is 2.59 bits per heavy atom. The SMILES string of the molecule is CCOc1cccc2cc(C(C)NC(=O)CCCOc3ccc(OC)cc3)oc12. The van der Waals surface area contributed by atoms with Crippen molar-refractivity contribution < 1.29 is 23.4 Å². The van der Waals surface area contributed by atoms with E-state index in [1.807, 2.05) is 62.4 Å². The normalized spacial score (nSPS) is 11.8. The van der Waals surface area contributed by atoms with Crippen molar-refractivity contribution in [2.24, 2.45) is 0 Å². The average Bonchev–Trinajstić information content (AvgIpc) is 3.17. The second-order valence-electron chi connectivity index (χ2n) is 6.67. The quantitative estimate of drug-likeness (QED) is 0.494. The second kappa shape index (κ2) is 9.87. The number of rotatable bonds is 10. The monoisotopic (exact) mass is 397 g/mol. The first-order valence-electron chi connectivity index (χ1n) is 9.82. The highest BCUT2D eigenvalue weighted by atomic mass is 16.5. The van der Waals surface area contributed by atoms with Gasteiger partial charge in [-0.3, -0.25) is 4.79 Å². The number of furan rings is 1. The van der Waals surface area contributed by atoms with Gasteiger partial charge in [-0.2, -0.15) is 0 Å². The summed E-state index contributed by atoms with van der Waals surface area (Å²) < 4.78 is 22.3. The van der Waals surface area contributed by atoms with Crippen LogP contribution < -0.4 is 19.5 Å². The maximum absolute atomic E-state index is 12.3. The third kappa shape index (κ3) is 5.44. The van der Waals surface area contributed by atoms with Gasteiger partial charge in [-0.1, -0.05) is 12.1 Å². The van der Waals surface area contributed by atoms with Gasteiger partial charge in [0.25, 0.3) is 0 Å². The molecular formula is C23H27NO5. The molecular weight excluding hydrogens is 370 g/mol. The van der Waals surface area contributed by atoms with Gasteiger partial charge in [0.05, 0.1) is 26.4 Å². The fourth-order valence-electron chi connectivity index (χ4n) is 3.02. The van der Waals surface area contributed by atoms with Crippen molar-refractivity contribution in [3.8, 4) is 17.2 Å². The van der Waals surface area contributed by atoms with Crippen molar-refractivity contribution in [2.75, 3.05) is 20.3 Å². The zero-order valence-corrected chi connectivity index (χ0v) is 17.1. The lowest BCUT2D eigenvalue weighted by atomic mass is 10.2. The van der Waals surface area contributed by atoms with E-state index in [1.54, 1.807) is 7.11 Å².